The monoisotopic (exact) mass is 447 g/mol. The highest BCUT2D eigenvalue weighted by molar-refractivity contribution is 5.74. The summed E-state index contributed by atoms with van der Waals surface area (Å²) in [7, 11) is 3.61. The first-order valence-electron chi connectivity index (χ1n) is 9.90. The number of hydrogen-bond acceptors (Lipinski definition) is 5. The second-order valence-electron chi connectivity index (χ2n) is 7.87. The normalized spacial score (nSPS) is 23.3. The summed E-state index contributed by atoms with van der Waals surface area (Å²) in [6, 6.07) is 4.01. The number of alkyl halides is 3. The maximum Gasteiger partial charge on any atom is 0.490 e. The molecule has 0 bridgehead atoms. The molecule has 0 saturated carbocycles. The summed E-state index contributed by atoms with van der Waals surface area (Å²) in [5.74, 6) is -2.76. The first kappa shape index (κ1) is 24.9. The third-order valence-corrected chi connectivity index (χ3v) is 5.26. The van der Waals surface area contributed by atoms with E-state index in [9.17, 15) is 18.0 Å². The molecule has 3 heterocycles. The first-order valence-corrected chi connectivity index (χ1v) is 9.90. The second kappa shape index (κ2) is 10.8. The van der Waals surface area contributed by atoms with E-state index in [1.54, 1.807) is 25.2 Å². The molecule has 0 aromatic carbocycles. The Morgan fingerprint density at radius 3 is 2.71 bits per heavy atom. The van der Waals surface area contributed by atoms with Gasteiger partial charge in [0.05, 0.1) is 19.3 Å². The minimum absolute atomic E-state index is 0.0747. The Bertz CT molecular complexity index is 733. The molecule has 2 fully saturated rings. The van der Waals surface area contributed by atoms with Gasteiger partial charge in [0, 0.05) is 51.6 Å². The molecule has 0 spiro atoms. The summed E-state index contributed by atoms with van der Waals surface area (Å²) < 4.78 is 43.8. The lowest BCUT2D eigenvalue weighted by molar-refractivity contribution is -0.192. The topological polar surface area (TPSA) is 92.2 Å². The fourth-order valence-electron chi connectivity index (χ4n) is 3.80. The Morgan fingerprint density at radius 1 is 1.42 bits per heavy atom. The summed E-state index contributed by atoms with van der Waals surface area (Å²) >= 11 is 0. The second-order valence-corrected chi connectivity index (χ2v) is 7.87. The zero-order valence-electron chi connectivity index (χ0n) is 17.6. The number of pyridine rings is 1. The van der Waals surface area contributed by atoms with Crippen LogP contribution < -0.4 is 0 Å². The molecular weight excluding hydrogens is 419 g/mol. The van der Waals surface area contributed by atoms with Crippen LogP contribution in [0.1, 0.15) is 24.8 Å². The lowest BCUT2D eigenvalue weighted by Gasteiger charge is -2.50. The number of aromatic nitrogens is 1. The minimum atomic E-state index is -5.08. The number of halogens is 3. The van der Waals surface area contributed by atoms with Crippen molar-refractivity contribution in [1.29, 1.82) is 0 Å². The predicted octanol–water partition coefficient (Wildman–Crippen LogP) is 2.78. The van der Waals surface area contributed by atoms with Crippen molar-refractivity contribution in [3.63, 3.8) is 0 Å². The Morgan fingerprint density at radius 2 is 2.13 bits per heavy atom. The molecule has 2 aliphatic rings. The van der Waals surface area contributed by atoms with Gasteiger partial charge in [-0.25, -0.2) is 9.59 Å². The van der Waals surface area contributed by atoms with Crippen molar-refractivity contribution in [1.82, 2.24) is 14.8 Å². The maximum atomic E-state index is 12.4. The van der Waals surface area contributed by atoms with Crippen LogP contribution in [0.3, 0.4) is 0 Å². The first-order chi connectivity index (χ1) is 14.5. The molecule has 0 radical (unpaired) electrons. The van der Waals surface area contributed by atoms with Gasteiger partial charge in [-0.3, -0.25) is 4.98 Å². The molecule has 174 valence electrons. The van der Waals surface area contributed by atoms with Crippen molar-refractivity contribution in [2.45, 2.75) is 38.1 Å². The lowest BCUT2D eigenvalue weighted by Crippen LogP contribution is -2.59. The number of ether oxygens (including phenoxy) is 2. The summed E-state index contributed by atoms with van der Waals surface area (Å²) in [5.41, 5.74) is 0.976. The predicted molar refractivity (Wildman–Crippen MR) is 104 cm³/mol. The van der Waals surface area contributed by atoms with E-state index in [1.807, 2.05) is 23.2 Å². The van der Waals surface area contributed by atoms with Crippen LogP contribution in [0, 0.1) is 5.41 Å². The van der Waals surface area contributed by atoms with E-state index in [2.05, 4.69) is 4.98 Å². The highest BCUT2D eigenvalue weighted by atomic mass is 19.4. The highest BCUT2D eigenvalue weighted by Gasteiger charge is 2.47. The molecule has 3 rings (SSSR count). The molecule has 1 aromatic heterocycles. The number of hydrogen-bond donors (Lipinski definition) is 1. The van der Waals surface area contributed by atoms with Crippen molar-refractivity contribution >= 4 is 12.0 Å². The summed E-state index contributed by atoms with van der Waals surface area (Å²) in [4.78, 5) is 29.0. The highest BCUT2D eigenvalue weighted by Crippen LogP contribution is 2.40. The number of carbonyl (C=O) groups excluding carboxylic acids is 1. The van der Waals surface area contributed by atoms with Crippen LogP contribution in [0.4, 0.5) is 18.0 Å². The molecule has 2 atom stereocenters. The van der Waals surface area contributed by atoms with E-state index in [4.69, 9.17) is 19.4 Å². The Kier molecular flexibility index (Phi) is 8.63. The van der Waals surface area contributed by atoms with E-state index in [0.29, 0.717) is 19.8 Å². The SMILES string of the molecule is CN(C)C(=O)N1CCC2OCCCC2(COCc2cccnc2)C1.O=C(O)C(F)(F)F. The fourth-order valence-corrected chi connectivity index (χ4v) is 3.80. The molecule has 2 amide bonds. The van der Waals surface area contributed by atoms with Crippen molar-refractivity contribution < 1.29 is 37.3 Å². The number of carboxylic acids is 1. The molecule has 8 nitrogen and oxygen atoms in total. The molecule has 2 aliphatic heterocycles. The lowest BCUT2D eigenvalue weighted by atomic mass is 9.73. The third kappa shape index (κ3) is 7.06. The van der Waals surface area contributed by atoms with E-state index in [1.165, 1.54) is 0 Å². The zero-order chi connectivity index (χ0) is 23.1. The van der Waals surface area contributed by atoms with Crippen LogP contribution in [0.15, 0.2) is 24.5 Å². The summed E-state index contributed by atoms with van der Waals surface area (Å²) in [5, 5.41) is 7.12. The number of piperidine rings is 1. The van der Waals surface area contributed by atoms with Crippen LogP contribution in [0.2, 0.25) is 0 Å². The van der Waals surface area contributed by atoms with Crippen LogP contribution in [0.25, 0.3) is 0 Å². The van der Waals surface area contributed by atoms with E-state index in [-0.39, 0.29) is 17.6 Å². The average molecular weight is 447 g/mol. The van der Waals surface area contributed by atoms with Crippen LogP contribution in [-0.2, 0) is 20.9 Å². The van der Waals surface area contributed by atoms with Gasteiger partial charge in [0.15, 0.2) is 0 Å². The molecule has 1 aromatic rings. The minimum Gasteiger partial charge on any atom is -0.475 e. The van der Waals surface area contributed by atoms with Crippen molar-refractivity contribution in [3.8, 4) is 0 Å². The standard InChI is InChI=1S/C18H27N3O3.C2HF3O2/c1-20(2)17(22)21-9-6-16-18(13-21,7-4-10-24-16)14-23-12-15-5-3-8-19-11-15;3-2(4,5)1(6)7/h3,5,8,11,16H,4,6-7,9-10,12-14H2,1-2H3;(H,6,7). The largest absolute Gasteiger partial charge is 0.490 e. The number of rotatable bonds is 4. The number of fused-ring (bicyclic) bond motifs is 1. The van der Waals surface area contributed by atoms with Crippen LogP contribution in [-0.4, -0.2) is 84.6 Å². The summed E-state index contributed by atoms with van der Waals surface area (Å²) in [6.45, 7) is 3.44. The molecule has 0 aliphatic carbocycles. The van der Waals surface area contributed by atoms with Crippen molar-refractivity contribution in [2.75, 3.05) is 40.4 Å². The van der Waals surface area contributed by atoms with Gasteiger partial charge in [0.2, 0.25) is 0 Å². The molecule has 2 unspecified atom stereocenters. The van der Waals surface area contributed by atoms with E-state index in [0.717, 1.165) is 38.0 Å². The zero-order valence-corrected chi connectivity index (χ0v) is 17.6. The number of nitrogens with zero attached hydrogens (tertiary/aromatic N) is 3. The molecular formula is C20H28F3N3O5. The molecule has 31 heavy (non-hydrogen) atoms. The molecule has 11 heteroatoms. The van der Waals surface area contributed by atoms with Crippen molar-refractivity contribution in [3.05, 3.63) is 30.1 Å². The Balaban J connectivity index is 0.000000423. The number of likely N-dealkylation sites (tertiary alicyclic amines) is 1. The van der Waals surface area contributed by atoms with Gasteiger partial charge in [-0.2, -0.15) is 13.2 Å². The number of aliphatic carboxylic acids is 1. The van der Waals surface area contributed by atoms with Gasteiger partial charge in [-0.15, -0.1) is 0 Å². The number of carbonyl (C=O) groups is 2. The Hall–Kier alpha value is -2.40. The number of amides is 2. The molecule has 2 saturated heterocycles. The fraction of sp³-hybridized carbons (Fsp3) is 0.650. The Labute approximate surface area is 178 Å². The number of carboxylic acid groups (broad SMARTS) is 1. The van der Waals surface area contributed by atoms with Crippen molar-refractivity contribution in [2.24, 2.45) is 5.41 Å². The average Bonchev–Trinajstić information content (AvgIpc) is 2.73. The molecule has 1 N–H and O–H groups in total. The van der Waals surface area contributed by atoms with E-state index >= 15 is 0 Å². The van der Waals surface area contributed by atoms with Gasteiger partial charge < -0.3 is 24.4 Å². The van der Waals surface area contributed by atoms with Gasteiger partial charge in [-0.05, 0) is 30.9 Å². The quantitative estimate of drug-likeness (QED) is 0.763. The van der Waals surface area contributed by atoms with E-state index < -0.39 is 12.1 Å². The van der Waals surface area contributed by atoms with Gasteiger partial charge in [0.1, 0.15) is 0 Å². The smallest absolute Gasteiger partial charge is 0.475 e. The van der Waals surface area contributed by atoms with Crippen LogP contribution >= 0.6 is 0 Å². The third-order valence-electron chi connectivity index (χ3n) is 5.26. The van der Waals surface area contributed by atoms with Gasteiger partial charge >= 0.3 is 18.2 Å². The van der Waals surface area contributed by atoms with Crippen LogP contribution in [0.5, 0.6) is 0 Å². The maximum absolute atomic E-state index is 12.4. The summed E-state index contributed by atoms with van der Waals surface area (Å²) in [6.07, 6.45) is 1.65. The van der Waals surface area contributed by atoms with Gasteiger partial charge in [-0.1, -0.05) is 6.07 Å². The number of urea groups is 1. The van der Waals surface area contributed by atoms with Gasteiger partial charge in [0.25, 0.3) is 0 Å².